The van der Waals surface area contributed by atoms with Crippen molar-refractivity contribution in [1.29, 1.82) is 0 Å². The Bertz CT molecular complexity index is 1410. The highest BCUT2D eigenvalue weighted by Gasteiger charge is 2.17. The minimum absolute atomic E-state index is 0.0172. The first kappa shape index (κ1) is 22.9. The largest absolute Gasteiger partial charge is 0.461 e. The first-order valence-electron chi connectivity index (χ1n) is 11.0. The van der Waals surface area contributed by atoms with Crippen molar-refractivity contribution in [2.75, 3.05) is 5.32 Å². The molecule has 7 nitrogen and oxygen atoms in total. The zero-order chi connectivity index (χ0) is 24.1. The second-order valence-electron chi connectivity index (χ2n) is 7.81. The lowest BCUT2D eigenvalue weighted by atomic mass is 10.1. The van der Waals surface area contributed by atoms with E-state index in [1.54, 1.807) is 24.4 Å². The number of rotatable bonds is 6. The highest BCUT2D eigenvalue weighted by molar-refractivity contribution is 6.05. The molecular weight excluding hydrogens is 430 g/mol. The lowest BCUT2D eigenvalue weighted by Crippen LogP contribution is -2.22. The number of benzene rings is 2. The van der Waals surface area contributed by atoms with Crippen LogP contribution in [0.4, 0.5) is 11.4 Å². The summed E-state index contributed by atoms with van der Waals surface area (Å²) in [5, 5.41) is 3.52. The van der Waals surface area contributed by atoms with Gasteiger partial charge in [-0.2, -0.15) is 0 Å². The summed E-state index contributed by atoms with van der Waals surface area (Å²) in [5.74, 6) is -0.775. The van der Waals surface area contributed by atoms with Crippen molar-refractivity contribution in [3.63, 3.8) is 0 Å². The highest BCUT2D eigenvalue weighted by atomic mass is 16.5. The van der Waals surface area contributed by atoms with Gasteiger partial charge in [0.2, 0.25) is 5.55 Å². The van der Waals surface area contributed by atoms with Crippen molar-refractivity contribution in [3.8, 4) is 0 Å². The summed E-state index contributed by atoms with van der Waals surface area (Å²) in [6.45, 7) is 5.25. The molecule has 0 saturated carbocycles. The second-order valence-corrected chi connectivity index (χ2v) is 7.81. The molecule has 1 N–H and O–H groups in total. The first-order chi connectivity index (χ1) is 16.4. The molecule has 34 heavy (non-hydrogen) atoms. The molecule has 0 atom stereocenters. The number of aromatic nitrogens is 1. The predicted molar refractivity (Wildman–Crippen MR) is 130 cm³/mol. The van der Waals surface area contributed by atoms with Gasteiger partial charge in [-0.15, -0.1) is 0 Å². The zero-order valence-corrected chi connectivity index (χ0v) is 19.3. The average molecular weight is 456 g/mol. The standard InChI is InChI=1S/C27H25N3O4/c1-4-19-10-12-22(13-11-19)30-27-24(26(32)29-21-8-6-5-7-9-21)14-23-20(16-33-18(3)31)15-28-17(2)25(23)34-27/h5-15H,4,16H2,1-3H3,(H,29,32). The molecule has 4 rings (SSSR count). The van der Waals surface area contributed by atoms with Gasteiger partial charge in [-0.3, -0.25) is 14.6 Å². The van der Waals surface area contributed by atoms with E-state index in [9.17, 15) is 9.59 Å². The predicted octanol–water partition coefficient (Wildman–Crippen LogP) is 5.25. The van der Waals surface area contributed by atoms with Gasteiger partial charge in [0.05, 0.1) is 11.4 Å². The van der Waals surface area contributed by atoms with Gasteiger partial charge in [-0.25, -0.2) is 4.99 Å². The van der Waals surface area contributed by atoms with Crippen LogP contribution in [0.2, 0.25) is 0 Å². The van der Waals surface area contributed by atoms with Crippen molar-refractivity contribution in [3.05, 3.63) is 94.8 Å². The third-order valence-corrected chi connectivity index (χ3v) is 5.33. The number of anilines is 1. The smallest absolute Gasteiger partial charge is 0.302 e. The van der Waals surface area contributed by atoms with Gasteiger partial charge in [0.25, 0.3) is 5.91 Å². The molecule has 1 amide bonds. The number of fused-ring (bicyclic) bond motifs is 1. The van der Waals surface area contributed by atoms with Gasteiger partial charge in [0.1, 0.15) is 12.2 Å². The summed E-state index contributed by atoms with van der Waals surface area (Å²) < 4.78 is 11.3. The number of hydrogen-bond donors (Lipinski definition) is 1. The summed E-state index contributed by atoms with van der Waals surface area (Å²) >= 11 is 0. The van der Waals surface area contributed by atoms with Crippen molar-refractivity contribution >= 4 is 34.2 Å². The molecule has 0 spiro atoms. The van der Waals surface area contributed by atoms with E-state index in [-0.39, 0.29) is 23.6 Å². The van der Waals surface area contributed by atoms with Crippen LogP contribution in [0.25, 0.3) is 11.0 Å². The average Bonchev–Trinajstić information content (AvgIpc) is 2.84. The lowest BCUT2D eigenvalue weighted by Gasteiger charge is -2.11. The summed E-state index contributed by atoms with van der Waals surface area (Å²) in [6.07, 6.45) is 2.54. The van der Waals surface area contributed by atoms with Crippen LogP contribution in [-0.2, 0) is 22.6 Å². The van der Waals surface area contributed by atoms with Crippen molar-refractivity contribution in [2.45, 2.75) is 33.8 Å². The van der Waals surface area contributed by atoms with Gasteiger partial charge in [-0.05, 0) is 49.2 Å². The number of para-hydroxylation sites is 1. The Balaban J connectivity index is 1.89. The maximum absolute atomic E-state index is 13.3. The summed E-state index contributed by atoms with van der Waals surface area (Å²) in [4.78, 5) is 33.7. The van der Waals surface area contributed by atoms with Crippen LogP contribution in [0, 0.1) is 6.92 Å². The van der Waals surface area contributed by atoms with Crippen LogP contribution >= 0.6 is 0 Å². The molecule has 0 aliphatic rings. The van der Waals surface area contributed by atoms with Crippen molar-refractivity contribution < 1.29 is 18.7 Å². The fourth-order valence-electron chi connectivity index (χ4n) is 3.47. The van der Waals surface area contributed by atoms with Crippen LogP contribution in [0.5, 0.6) is 0 Å². The summed E-state index contributed by atoms with van der Waals surface area (Å²) in [6, 6.07) is 18.6. The fourth-order valence-corrected chi connectivity index (χ4v) is 3.47. The maximum atomic E-state index is 13.3. The van der Waals surface area contributed by atoms with E-state index in [1.807, 2.05) is 49.4 Å². The van der Waals surface area contributed by atoms with Crippen LogP contribution < -0.4 is 10.9 Å². The Morgan fingerprint density at radius 3 is 2.50 bits per heavy atom. The molecule has 0 saturated heterocycles. The van der Waals surface area contributed by atoms with E-state index >= 15 is 0 Å². The molecule has 0 radical (unpaired) electrons. The van der Waals surface area contributed by atoms with E-state index in [1.165, 1.54) is 12.5 Å². The molecule has 2 aromatic carbocycles. The molecule has 0 aliphatic carbocycles. The summed E-state index contributed by atoms with van der Waals surface area (Å²) in [5.41, 5.74) is 4.66. The lowest BCUT2D eigenvalue weighted by molar-refractivity contribution is -0.142. The molecule has 0 fully saturated rings. The Labute approximate surface area is 197 Å². The molecule has 0 unspecified atom stereocenters. The zero-order valence-electron chi connectivity index (χ0n) is 19.3. The van der Waals surface area contributed by atoms with Crippen molar-refractivity contribution in [2.24, 2.45) is 4.99 Å². The van der Waals surface area contributed by atoms with Gasteiger partial charge in [0.15, 0.2) is 5.58 Å². The first-order valence-corrected chi connectivity index (χ1v) is 11.0. The molecular formula is C27H25N3O4. The molecule has 0 aliphatic heterocycles. The third-order valence-electron chi connectivity index (χ3n) is 5.33. The normalized spacial score (nSPS) is 11.4. The van der Waals surface area contributed by atoms with Gasteiger partial charge >= 0.3 is 5.97 Å². The van der Waals surface area contributed by atoms with E-state index in [0.29, 0.717) is 33.6 Å². The Morgan fingerprint density at radius 2 is 1.82 bits per heavy atom. The fraction of sp³-hybridized carbons (Fsp3) is 0.185. The minimum atomic E-state index is -0.408. The van der Waals surface area contributed by atoms with E-state index in [4.69, 9.17) is 9.15 Å². The highest BCUT2D eigenvalue weighted by Crippen LogP contribution is 2.23. The van der Waals surface area contributed by atoms with E-state index in [0.717, 1.165) is 6.42 Å². The van der Waals surface area contributed by atoms with Crippen LogP contribution in [0.1, 0.15) is 41.0 Å². The number of hydrogen-bond acceptors (Lipinski definition) is 6. The molecule has 0 bridgehead atoms. The van der Waals surface area contributed by atoms with Gasteiger partial charge in [-0.1, -0.05) is 37.3 Å². The Kier molecular flexibility index (Phi) is 6.82. The quantitative estimate of drug-likeness (QED) is 0.401. The molecule has 2 heterocycles. The maximum Gasteiger partial charge on any atom is 0.302 e. The number of carbonyl (C=O) groups is 2. The number of pyridine rings is 1. The SMILES string of the molecule is CCc1ccc(N=c2oc3c(C)ncc(COC(C)=O)c3cc2C(=O)Nc2ccccc2)cc1. The minimum Gasteiger partial charge on any atom is -0.461 e. The molecule has 7 heteroatoms. The number of aryl methyl sites for hydroxylation is 2. The van der Waals surface area contributed by atoms with Gasteiger partial charge < -0.3 is 14.5 Å². The number of nitrogens with zero attached hydrogens (tertiary/aromatic N) is 2. The topological polar surface area (TPSA) is 93.8 Å². The van der Waals surface area contributed by atoms with E-state index in [2.05, 4.69) is 22.2 Å². The van der Waals surface area contributed by atoms with Crippen LogP contribution in [-0.4, -0.2) is 16.9 Å². The number of ether oxygens (including phenoxy) is 1. The third kappa shape index (κ3) is 5.20. The molecule has 2 aromatic heterocycles. The van der Waals surface area contributed by atoms with Crippen LogP contribution in [0.3, 0.4) is 0 Å². The molecule has 172 valence electrons. The van der Waals surface area contributed by atoms with E-state index < -0.39 is 5.97 Å². The Hall–Kier alpha value is -4.26. The monoisotopic (exact) mass is 455 g/mol. The van der Waals surface area contributed by atoms with Crippen LogP contribution in [0.15, 0.2) is 76.3 Å². The molecule has 4 aromatic rings. The number of nitrogens with one attached hydrogen (secondary N) is 1. The second kappa shape index (κ2) is 10.1. The number of esters is 1. The number of amides is 1. The van der Waals surface area contributed by atoms with Gasteiger partial charge in [0, 0.05) is 29.8 Å². The summed E-state index contributed by atoms with van der Waals surface area (Å²) in [7, 11) is 0. The number of carbonyl (C=O) groups excluding carboxylic acids is 2. The van der Waals surface area contributed by atoms with Crippen molar-refractivity contribution in [1.82, 2.24) is 4.98 Å². The Morgan fingerprint density at radius 1 is 1.09 bits per heavy atom.